The van der Waals surface area contributed by atoms with Gasteiger partial charge in [-0.3, -0.25) is 9.79 Å². The predicted molar refractivity (Wildman–Crippen MR) is 129 cm³/mol. The summed E-state index contributed by atoms with van der Waals surface area (Å²) < 4.78 is 19.2. The number of carbonyl (C=O) groups excluding carboxylic acids is 2. The number of ether oxygens (including phenoxy) is 1. The van der Waals surface area contributed by atoms with Crippen LogP contribution in [0.25, 0.3) is 0 Å². The van der Waals surface area contributed by atoms with Gasteiger partial charge in [-0.1, -0.05) is 17.7 Å². The van der Waals surface area contributed by atoms with Crippen molar-refractivity contribution in [2.45, 2.75) is 38.6 Å². The van der Waals surface area contributed by atoms with E-state index in [2.05, 4.69) is 15.6 Å². The lowest BCUT2D eigenvalue weighted by Gasteiger charge is -2.34. The SMILES string of the molecule is CCOC(=O)C1=C([C@H]2CC[C@H](C(=O)NC)CC2)NC(c2nccs2)=NC1c1ccc(F)cc1Cl. The first-order valence-electron chi connectivity index (χ1n) is 11.2. The molecule has 0 saturated heterocycles. The maximum atomic E-state index is 13.8. The standard InChI is InChI=1S/C24H26ClFN4O3S/c1-3-33-24(32)18-19(13-4-6-14(7-5-13)22(31)27-2)29-21(23-28-10-11-34-23)30-20(18)16-9-8-15(26)12-17(16)25/h8-14,20H,3-7H2,1-2H3,(H,27,31)(H,29,30)/t13-,14-,20?. The zero-order chi connectivity index (χ0) is 24.2. The van der Waals surface area contributed by atoms with E-state index in [1.807, 2.05) is 5.38 Å². The Balaban J connectivity index is 1.80. The van der Waals surface area contributed by atoms with Crippen LogP contribution in [0.4, 0.5) is 4.39 Å². The Labute approximate surface area is 206 Å². The first-order valence-corrected chi connectivity index (χ1v) is 12.5. The van der Waals surface area contributed by atoms with E-state index in [-0.39, 0.29) is 29.4 Å². The first-order chi connectivity index (χ1) is 16.4. The van der Waals surface area contributed by atoms with Gasteiger partial charge in [-0.15, -0.1) is 11.3 Å². The van der Waals surface area contributed by atoms with Crippen LogP contribution in [0.5, 0.6) is 0 Å². The van der Waals surface area contributed by atoms with Gasteiger partial charge in [0.2, 0.25) is 5.91 Å². The highest BCUT2D eigenvalue weighted by Gasteiger charge is 2.38. The van der Waals surface area contributed by atoms with E-state index in [1.54, 1.807) is 26.2 Å². The Morgan fingerprint density at radius 1 is 1.29 bits per heavy atom. The lowest BCUT2D eigenvalue weighted by molar-refractivity contribution is -0.139. The maximum absolute atomic E-state index is 13.8. The van der Waals surface area contributed by atoms with Crippen LogP contribution in [0, 0.1) is 17.7 Å². The zero-order valence-corrected chi connectivity index (χ0v) is 20.5. The van der Waals surface area contributed by atoms with Gasteiger partial charge in [0, 0.05) is 40.8 Å². The van der Waals surface area contributed by atoms with Crippen molar-refractivity contribution in [2.24, 2.45) is 16.8 Å². The van der Waals surface area contributed by atoms with E-state index in [9.17, 15) is 14.0 Å². The van der Waals surface area contributed by atoms with Crippen LogP contribution in [0.15, 0.2) is 46.0 Å². The van der Waals surface area contributed by atoms with Crippen molar-refractivity contribution in [3.8, 4) is 0 Å². The highest BCUT2D eigenvalue weighted by atomic mass is 35.5. The number of amidine groups is 1. The van der Waals surface area contributed by atoms with Crippen LogP contribution in [-0.2, 0) is 14.3 Å². The largest absolute Gasteiger partial charge is 0.463 e. The Kier molecular flexibility index (Phi) is 7.63. The van der Waals surface area contributed by atoms with Crippen molar-refractivity contribution < 1.29 is 18.7 Å². The normalized spacial score (nSPS) is 22.6. The molecule has 34 heavy (non-hydrogen) atoms. The van der Waals surface area contributed by atoms with E-state index >= 15 is 0 Å². The molecule has 0 bridgehead atoms. The Hall–Kier alpha value is -2.78. The molecule has 1 aromatic carbocycles. The smallest absolute Gasteiger partial charge is 0.338 e. The Bertz CT molecular complexity index is 1130. The second kappa shape index (κ2) is 10.7. The topological polar surface area (TPSA) is 92.7 Å². The van der Waals surface area contributed by atoms with Gasteiger partial charge in [-0.25, -0.2) is 14.2 Å². The highest BCUT2D eigenvalue weighted by molar-refractivity contribution is 7.11. The molecule has 10 heteroatoms. The number of hydrogen-bond acceptors (Lipinski definition) is 7. The molecule has 1 saturated carbocycles. The van der Waals surface area contributed by atoms with Crippen LogP contribution < -0.4 is 10.6 Å². The van der Waals surface area contributed by atoms with Gasteiger partial charge in [0.15, 0.2) is 10.8 Å². The minimum Gasteiger partial charge on any atom is -0.463 e. The van der Waals surface area contributed by atoms with Gasteiger partial charge in [0.25, 0.3) is 0 Å². The van der Waals surface area contributed by atoms with Crippen molar-refractivity contribution in [2.75, 3.05) is 13.7 Å². The molecule has 2 N–H and O–H groups in total. The molecule has 1 aliphatic carbocycles. The molecule has 1 atom stereocenters. The predicted octanol–water partition coefficient (Wildman–Crippen LogP) is 4.40. The number of halogens is 2. The van der Waals surface area contributed by atoms with Crippen LogP contribution in [0.2, 0.25) is 5.02 Å². The van der Waals surface area contributed by atoms with Crippen molar-refractivity contribution in [3.63, 3.8) is 0 Å². The summed E-state index contributed by atoms with van der Waals surface area (Å²) in [6.07, 6.45) is 4.54. The molecule has 2 heterocycles. The second-order valence-electron chi connectivity index (χ2n) is 8.22. The van der Waals surface area contributed by atoms with Crippen LogP contribution in [-0.4, -0.2) is 36.4 Å². The second-order valence-corrected chi connectivity index (χ2v) is 9.52. The van der Waals surface area contributed by atoms with Crippen LogP contribution >= 0.6 is 22.9 Å². The van der Waals surface area contributed by atoms with Gasteiger partial charge >= 0.3 is 5.97 Å². The van der Waals surface area contributed by atoms with Gasteiger partial charge in [-0.2, -0.15) is 0 Å². The van der Waals surface area contributed by atoms with Crippen molar-refractivity contribution in [1.82, 2.24) is 15.6 Å². The van der Waals surface area contributed by atoms with Crippen molar-refractivity contribution >= 4 is 40.6 Å². The monoisotopic (exact) mass is 504 g/mol. The van der Waals surface area contributed by atoms with E-state index < -0.39 is 17.8 Å². The third-order valence-corrected chi connectivity index (χ3v) is 7.32. The summed E-state index contributed by atoms with van der Waals surface area (Å²) in [6.45, 7) is 1.94. The summed E-state index contributed by atoms with van der Waals surface area (Å²) in [6, 6.07) is 3.29. The van der Waals surface area contributed by atoms with E-state index in [1.165, 1.54) is 23.5 Å². The number of benzene rings is 1. The third kappa shape index (κ3) is 5.00. The Morgan fingerprint density at radius 2 is 2.06 bits per heavy atom. The van der Waals surface area contributed by atoms with Crippen LogP contribution in [0.3, 0.4) is 0 Å². The molecule has 2 aliphatic rings. The minimum absolute atomic E-state index is 0.00695. The van der Waals surface area contributed by atoms with Gasteiger partial charge in [0.05, 0.1) is 12.2 Å². The molecule has 1 fully saturated rings. The summed E-state index contributed by atoms with van der Waals surface area (Å²) in [5, 5.41) is 8.78. The molecule has 1 aliphatic heterocycles. The number of aromatic nitrogens is 1. The molecule has 1 amide bonds. The minimum atomic E-state index is -0.779. The van der Waals surface area contributed by atoms with Gasteiger partial charge < -0.3 is 15.4 Å². The van der Waals surface area contributed by atoms with Gasteiger partial charge in [-0.05, 0) is 50.7 Å². The number of hydrogen-bond donors (Lipinski definition) is 2. The summed E-state index contributed by atoms with van der Waals surface area (Å²) in [7, 11) is 1.65. The number of allylic oxidation sites excluding steroid dienone is 1. The fourth-order valence-corrected chi connectivity index (χ4v) is 5.42. The molecule has 7 nitrogen and oxygen atoms in total. The average molecular weight is 505 g/mol. The number of esters is 1. The zero-order valence-electron chi connectivity index (χ0n) is 18.9. The summed E-state index contributed by atoms with van der Waals surface area (Å²) in [5.74, 6) is -0.460. The number of nitrogens with zero attached hydrogens (tertiary/aromatic N) is 2. The number of amides is 1. The molecule has 1 unspecified atom stereocenters. The number of rotatable bonds is 6. The molecule has 2 aromatic rings. The fraction of sp³-hybridized carbons (Fsp3) is 0.417. The average Bonchev–Trinajstić information content (AvgIpc) is 3.38. The first kappa shape index (κ1) is 24.3. The quantitative estimate of drug-likeness (QED) is 0.569. The van der Waals surface area contributed by atoms with Crippen molar-refractivity contribution in [1.29, 1.82) is 0 Å². The third-order valence-electron chi connectivity index (χ3n) is 6.21. The van der Waals surface area contributed by atoms with E-state index in [0.717, 1.165) is 12.8 Å². The molecule has 4 rings (SSSR count). The molecule has 0 spiro atoms. The lowest BCUT2D eigenvalue weighted by Crippen LogP contribution is -2.39. The molecule has 0 radical (unpaired) electrons. The molecular formula is C24H26ClFN4O3S. The lowest BCUT2D eigenvalue weighted by atomic mass is 9.77. The molecule has 180 valence electrons. The van der Waals surface area contributed by atoms with Gasteiger partial charge in [0.1, 0.15) is 11.9 Å². The Morgan fingerprint density at radius 3 is 2.68 bits per heavy atom. The number of aliphatic imine (C=N–C) groups is 1. The van der Waals surface area contributed by atoms with E-state index in [4.69, 9.17) is 21.3 Å². The number of thiazole rings is 1. The molecule has 1 aromatic heterocycles. The summed E-state index contributed by atoms with van der Waals surface area (Å²) in [5.41, 5.74) is 1.58. The number of carbonyl (C=O) groups is 2. The highest BCUT2D eigenvalue weighted by Crippen LogP contribution is 2.42. The summed E-state index contributed by atoms with van der Waals surface area (Å²) >= 11 is 7.84. The van der Waals surface area contributed by atoms with Crippen LogP contribution in [0.1, 0.15) is 49.2 Å². The summed E-state index contributed by atoms with van der Waals surface area (Å²) in [4.78, 5) is 34.5. The molecular weight excluding hydrogens is 479 g/mol. The maximum Gasteiger partial charge on any atom is 0.338 e. The fourth-order valence-electron chi connectivity index (χ4n) is 4.57. The van der Waals surface area contributed by atoms with Crippen molar-refractivity contribution in [3.05, 3.63) is 62.5 Å². The number of nitrogens with one attached hydrogen (secondary N) is 2. The van der Waals surface area contributed by atoms with E-state index in [0.29, 0.717) is 40.5 Å².